The minimum atomic E-state index is -1.85. The molecule has 6 aliphatic heterocycles. The van der Waals surface area contributed by atoms with Gasteiger partial charge in [-0.3, -0.25) is 9.69 Å². The molecule has 16 heteroatoms. The standard InChI is InChI=1S/C56H81F2NO13/c1-12-30(2)51-33(5)20-21-55(72-51)27-41-24-40(71-55)18-16-32(4)50(31(3)14-13-15-38-29-65-53-49(60)34(6)22-42(54(61)68-41)56(38,53)62)69-47-26-45(64-11)52(36(8)67-47)70-46-25-44(63-10)48(35(7)66-46)59(9)28-37-23-39(57)17-19-43(37)58/h13-17,19,22-23,30-31,33,35-36,40-42,44-53,60,62H,12,18,20-21,24-29H2,1-11H3/b14-13+,32-16+,38-15+/t30?,31-,33-,35-,36-,40?,41?,42-,44-,45-,46-,47-,48+,49+,50-,51+,52-,53?,55?,56+/m0/s1. The van der Waals surface area contributed by atoms with Crippen molar-refractivity contribution in [3.8, 4) is 0 Å². The molecule has 6 heterocycles. The van der Waals surface area contributed by atoms with Crippen LogP contribution >= 0.6 is 0 Å². The minimum absolute atomic E-state index is 0.0218. The topological polar surface area (TPSA) is 153 Å². The summed E-state index contributed by atoms with van der Waals surface area (Å²) in [7, 11) is 5.12. The normalized spacial score (nSPS) is 44.2. The van der Waals surface area contributed by atoms with E-state index in [1.54, 1.807) is 33.3 Å². The number of ether oxygens (including phenoxy) is 10. The summed E-state index contributed by atoms with van der Waals surface area (Å²) in [6.45, 7) is 16.5. The molecule has 402 valence electrons. The predicted octanol–water partition coefficient (Wildman–Crippen LogP) is 8.02. The fourth-order valence-electron chi connectivity index (χ4n) is 12.6. The number of rotatable bonds is 11. The van der Waals surface area contributed by atoms with Crippen LogP contribution in [0.3, 0.4) is 0 Å². The second kappa shape index (κ2) is 23.1. The van der Waals surface area contributed by atoms with Gasteiger partial charge < -0.3 is 57.6 Å². The zero-order chi connectivity index (χ0) is 51.8. The lowest BCUT2D eigenvalue weighted by atomic mass is 9.71. The third-order valence-corrected chi connectivity index (χ3v) is 16.9. The summed E-state index contributed by atoms with van der Waals surface area (Å²) < 4.78 is 94.1. The highest BCUT2D eigenvalue weighted by Gasteiger charge is 2.60. The number of nitrogens with zero attached hydrogens (tertiary/aromatic N) is 1. The van der Waals surface area contributed by atoms with Gasteiger partial charge in [-0.1, -0.05) is 64.5 Å². The molecule has 2 N–H and O–H groups in total. The number of fused-ring (bicyclic) bond motifs is 2. The molecule has 7 aliphatic rings. The Morgan fingerprint density at radius 1 is 0.944 bits per heavy atom. The van der Waals surface area contributed by atoms with E-state index in [0.29, 0.717) is 61.5 Å². The molecule has 14 nitrogen and oxygen atoms in total. The Balaban J connectivity index is 1.02. The number of hydrogen-bond acceptors (Lipinski definition) is 14. The zero-order valence-electron chi connectivity index (χ0n) is 44.2. The van der Waals surface area contributed by atoms with Gasteiger partial charge in [-0.05, 0) is 94.3 Å². The first-order chi connectivity index (χ1) is 34.3. The third-order valence-electron chi connectivity index (χ3n) is 16.9. The highest BCUT2D eigenvalue weighted by molar-refractivity contribution is 5.78. The quantitative estimate of drug-likeness (QED) is 0.163. The monoisotopic (exact) mass is 1010 g/mol. The Hall–Kier alpha value is -2.97. The molecule has 0 saturated carbocycles. The smallest absolute Gasteiger partial charge is 0.316 e. The SMILES string of the molecule is CCC(C)[C@H]1OC2(CC[C@@H]1C)CC1CC(C/C=C(\C)[C@@H](O[C@H]3C[C@H](OC)[C@@H](O[C@H]4C[C@H](OC)[C@H](N(C)Cc5cc(F)ccc5F)[C@H](C)O4)[C@H](C)O3)[C@@H](C)/C=C/C=C3\COC4[C@H](O)C(C)=C[C@@H](C(=O)O1)[C@]34O)O2. The molecule has 8 rings (SSSR count). The maximum absolute atomic E-state index is 14.6. The van der Waals surface area contributed by atoms with E-state index < -0.39 is 90.2 Å². The van der Waals surface area contributed by atoms with Gasteiger partial charge in [0.15, 0.2) is 18.4 Å². The van der Waals surface area contributed by atoms with Crippen molar-refractivity contribution in [1.29, 1.82) is 0 Å². The summed E-state index contributed by atoms with van der Waals surface area (Å²) in [5.74, 6) is -3.21. The summed E-state index contributed by atoms with van der Waals surface area (Å²) in [6.07, 6.45) is 6.85. The number of aliphatic hydroxyl groups excluding tert-OH is 1. The lowest BCUT2D eigenvalue weighted by Crippen LogP contribution is -2.58. The van der Waals surface area contributed by atoms with E-state index >= 15 is 0 Å². The van der Waals surface area contributed by atoms with Gasteiger partial charge in [0.05, 0.1) is 55.4 Å². The molecule has 0 aromatic heterocycles. The van der Waals surface area contributed by atoms with Crippen molar-refractivity contribution in [3.63, 3.8) is 0 Å². The first-order valence-electron chi connectivity index (χ1n) is 26.4. The lowest BCUT2D eigenvalue weighted by molar-refractivity contribution is -0.340. The third kappa shape index (κ3) is 11.6. The summed E-state index contributed by atoms with van der Waals surface area (Å²) >= 11 is 0. The summed E-state index contributed by atoms with van der Waals surface area (Å²) in [6, 6.07) is 3.19. The van der Waals surface area contributed by atoms with Crippen molar-refractivity contribution in [2.45, 2.75) is 210 Å². The Kier molecular flexibility index (Phi) is 17.7. The van der Waals surface area contributed by atoms with Crippen LogP contribution in [-0.2, 0) is 58.7 Å². The fraction of sp³-hybridized carbons (Fsp3) is 0.732. The van der Waals surface area contributed by atoms with Crippen LogP contribution in [0.4, 0.5) is 8.78 Å². The number of hydrogen-bond donors (Lipinski definition) is 2. The Labute approximate surface area is 425 Å². The van der Waals surface area contributed by atoms with Crippen molar-refractivity contribution in [3.05, 3.63) is 82.5 Å². The van der Waals surface area contributed by atoms with Crippen LogP contribution < -0.4 is 0 Å². The largest absolute Gasteiger partial charge is 0.462 e. The van der Waals surface area contributed by atoms with E-state index in [9.17, 15) is 23.8 Å². The molecule has 1 aromatic carbocycles. The van der Waals surface area contributed by atoms with E-state index in [-0.39, 0.29) is 55.1 Å². The molecule has 72 heavy (non-hydrogen) atoms. The van der Waals surface area contributed by atoms with Crippen molar-refractivity contribution in [1.82, 2.24) is 4.90 Å². The van der Waals surface area contributed by atoms with E-state index in [0.717, 1.165) is 30.5 Å². The van der Waals surface area contributed by atoms with E-state index in [2.05, 4.69) is 33.8 Å². The first kappa shape index (κ1) is 55.3. The van der Waals surface area contributed by atoms with Gasteiger partial charge in [0.2, 0.25) is 0 Å². The fourth-order valence-corrected chi connectivity index (χ4v) is 12.6. The number of benzene rings is 1. The molecule has 5 unspecified atom stereocenters. The van der Waals surface area contributed by atoms with E-state index in [1.807, 2.05) is 44.9 Å². The van der Waals surface area contributed by atoms with E-state index in [1.165, 1.54) is 6.07 Å². The van der Waals surface area contributed by atoms with Gasteiger partial charge >= 0.3 is 5.97 Å². The number of allylic oxidation sites excluding steroid dienone is 2. The van der Waals surface area contributed by atoms with Gasteiger partial charge in [-0.25, -0.2) is 8.78 Å². The second-order valence-electron chi connectivity index (χ2n) is 22.0. The van der Waals surface area contributed by atoms with Crippen LogP contribution in [0.5, 0.6) is 0 Å². The first-order valence-corrected chi connectivity index (χ1v) is 26.4. The Morgan fingerprint density at radius 3 is 2.40 bits per heavy atom. The number of methoxy groups -OCH3 is 2. The van der Waals surface area contributed by atoms with Crippen molar-refractivity contribution >= 4 is 5.97 Å². The Morgan fingerprint density at radius 2 is 1.67 bits per heavy atom. The molecule has 2 bridgehead atoms. The number of aliphatic hydroxyl groups is 2. The summed E-state index contributed by atoms with van der Waals surface area (Å²) in [4.78, 5) is 16.4. The van der Waals surface area contributed by atoms with Crippen molar-refractivity contribution in [2.75, 3.05) is 27.9 Å². The van der Waals surface area contributed by atoms with Gasteiger partial charge in [0, 0.05) is 64.3 Å². The van der Waals surface area contributed by atoms with Crippen LogP contribution in [0.2, 0.25) is 0 Å². The van der Waals surface area contributed by atoms with Crippen LogP contribution in [0, 0.1) is 35.3 Å². The second-order valence-corrected chi connectivity index (χ2v) is 22.0. The average molecular weight is 1010 g/mol. The van der Waals surface area contributed by atoms with Gasteiger partial charge in [0.1, 0.15) is 47.6 Å². The maximum Gasteiger partial charge on any atom is 0.316 e. The summed E-state index contributed by atoms with van der Waals surface area (Å²) in [5, 5.41) is 23.9. The van der Waals surface area contributed by atoms with Crippen LogP contribution in [0.15, 0.2) is 65.3 Å². The number of esters is 1. The molecule has 20 atom stereocenters. The number of carbonyl (C=O) groups excluding carboxylic acids is 1. The average Bonchev–Trinajstić information content (AvgIpc) is 3.68. The molecule has 0 amide bonds. The van der Waals surface area contributed by atoms with Gasteiger partial charge in [0.25, 0.3) is 0 Å². The molecular formula is C56H81F2NO13. The minimum Gasteiger partial charge on any atom is -0.462 e. The van der Waals surface area contributed by atoms with Crippen LogP contribution in [0.1, 0.15) is 112 Å². The number of likely N-dealkylation sites (N-methyl/N-ethyl adjacent to an activating group) is 1. The number of halogens is 2. The molecule has 5 fully saturated rings. The molecule has 1 aromatic rings. The highest BCUT2D eigenvalue weighted by Crippen LogP contribution is 2.48. The predicted molar refractivity (Wildman–Crippen MR) is 263 cm³/mol. The lowest BCUT2D eigenvalue weighted by Gasteiger charge is -2.51. The Bertz CT molecular complexity index is 2170. The van der Waals surface area contributed by atoms with Crippen molar-refractivity contribution < 1.29 is 71.2 Å². The highest BCUT2D eigenvalue weighted by atomic mass is 19.1. The maximum atomic E-state index is 14.6. The molecule has 1 aliphatic carbocycles. The van der Waals surface area contributed by atoms with Crippen LogP contribution in [-0.4, -0.2) is 146 Å². The molecular weight excluding hydrogens is 933 g/mol. The van der Waals surface area contributed by atoms with E-state index in [4.69, 9.17) is 47.4 Å². The molecule has 0 radical (unpaired) electrons. The number of carbonyl (C=O) groups is 1. The summed E-state index contributed by atoms with van der Waals surface area (Å²) in [5.41, 5.74) is 0.361. The van der Waals surface area contributed by atoms with Gasteiger partial charge in [-0.15, -0.1) is 0 Å². The molecule has 1 spiro atoms. The van der Waals surface area contributed by atoms with Gasteiger partial charge in [-0.2, -0.15) is 0 Å². The van der Waals surface area contributed by atoms with Crippen molar-refractivity contribution in [2.24, 2.45) is 23.7 Å². The van der Waals surface area contributed by atoms with Crippen LogP contribution in [0.25, 0.3) is 0 Å². The zero-order valence-corrected chi connectivity index (χ0v) is 44.2. The molecule has 5 saturated heterocycles.